The first-order valence-electron chi connectivity index (χ1n) is 7.92. The molecule has 0 aromatic heterocycles. The average molecular weight is 372 g/mol. The highest BCUT2D eigenvalue weighted by molar-refractivity contribution is 5.91. The molecule has 7 nitrogen and oxygen atoms in total. The van der Waals surface area contributed by atoms with E-state index in [9.17, 15) is 27.6 Å². The number of hydrogen-bond donors (Lipinski definition) is 2. The summed E-state index contributed by atoms with van der Waals surface area (Å²) in [6.45, 7) is 1.81. The van der Waals surface area contributed by atoms with E-state index in [0.717, 1.165) is 4.90 Å². The maximum Gasteiger partial charge on any atom is 0.397 e. The van der Waals surface area contributed by atoms with Crippen molar-refractivity contribution in [3.63, 3.8) is 0 Å². The molecular formula is C16H19F3N4O3. The van der Waals surface area contributed by atoms with Gasteiger partial charge in [-0.2, -0.15) is 13.2 Å². The molecule has 1 aromatic rings. The Hall–Kier alpha value is -2.78. The van der Waals surface area contributed by atoms with Gasteiger partial charge in [0.2, 0.25) is 11.8 Å². The third-order valence-corrected chi connectivity index (χ3v) is 3.73. The summed E-state index contributed by atoms with van der Waals surface area (Å²) in [5.74, 6) is -1.19. The van der Waals surface area contributed by atoms with Gasteiger partial charge in [0.25, 0.3) is 0 Å². The van der Waals surface area contributed by atoms with Gasteiger partial charge < -0.3 is 20.4 Å². The Balaban J connectivity index is 1.83. The van der Waals surface area contributed by atoms with Crippen LogP contribution in [0.25, 0.3) is 0 Å². The number of rotatable bonds is 3. The Kier molecular flexibility index (Phi) is 6.06. The van der Waals surface area contributed by atoms with E-state index >= 15 is 0 Å². The maximum atomic E-state index is 12.3. The normalized spacial score (nSPS) is 14.8. The topological polar surface area (TPSA) is 81.8 Å². The van der Waals surface area contributed by atoms with Crippen LogP contribution in [-0.2, 0) is 9.59 Å². The zero-order chi connectivity index (χ0) is 19.3. The first-order valence-corrected chi connectivity index (χ1v) is 7.92. The Morgan fingerprint density at radius 1 is 0.923 bits per heavy atom. The van der Waals surface area contributed by atoms with E-state index < -0.39 is 24.5 Å². The number of piperazine rings is 1. The van der Waals surface area contributed by atoms with E-state index in [1.54, 1.807) is 24.3 Å². The van der Waals surface area contributed by atoms with Crippen LogP contribution in [0.2, 0.25) is 0 Å². The lowest BCUT2D eigenvalue weighted by molar-refractivity contribution is -0.162. The van der Waals surface area contributed by atoms with Gasteiger partial charge in [-0.05, 0) is 24.3 Å². The van der Waals surface area contributed by atoms with Crippen LogP contribution in [0.1, 0.15) is 13.3 Å². The molecule has 1 aromatic carbocycles. The predicted molar refractivity (Wildman–Crippen MR) is 88.6 cm³/mol. The average Bonchev–Trinajstić information content (AvgIpc) is 2.55. The van der Waals surface area contributed by atoms with Crippen LogP contribution in [0.3, 0.4) is 0 Å². The number of nitrogens with one attached hydrogen (secondary N) is 2. The molecule has 142 valence electrons. The van der Waals surface area contributed by atoms with Crippen molar-refractivity contribution >= 4 is 29.2 Å². The molecule has 0 aliphatic carbocycles. The molecule has 10 heteroatoms. The van der Waals surface area contributed by atoms with Gasteiger partial charge in [-0.25, -0.2) is 4.79 Å². The fourth-order valence-corrected chi connectivity index (χ4v) is 2.48. The van der Waals surface area contributed by atoms with Crippen LogP contribution >= 0.6 is 0 Å². The number of anilines is 2. The van der Waals surface area contributed by atoms with Gasteiger partial charge in [-0.15, -0.1) is 0 Å². The molecule has 1 aliphatic heterocycles. The fourth-order valence-electron chi connectivity index (χ4n) is 2.48. The largest absolute Gasteiger partial charge is 0.397 e. The van der Waals surface area contributed by atoms with E-state index in [1.807, 2.05) is 0 Å². The van der Waals surface area contributed by atoms with Crippen LogP contribution in [0.15, 0.2) is 24.3 Å². The molecule has 0 atom stereocenters. The van der Waals surface area contributed by atoms with E-state index in [4.69, 9.17) is 0 Å². The van der Waals surface area contributed by atoms with Crippen molar-refractivity contribution in [1.82, 2.24) is 9.80 Å². The minimum Gasteiger partial charge on any atom is -0.339 e. The van der Waals surface area contributed by atoms with Gasteiger partial charge in [-0.3, -0.25) is 9.59 Å². The van der Waals surface area contributed by atoms with Gasteiger partial charge >= 0.3 is 12.2 Å². The number of carbonyl (C=O) groups is 3. The first kappa shape index (κ1) is 19.5. The standard InChI is InChI=1S/C16H19F3N4O3/c1-11(24)20-12-2-4-13(5-3-12)21-15(26)23-8-6-22(7-9-23)14(25)10-16(17,18)19/h2-5H,6-10H2,1H3,(H,20,24)(H,21,26). The number of nitrogens with zero attached hydrogens (tertiary/aromatic N) is 2. The second-order valence-corrected chi connectivity index (χ2v) is 5.85. The molecule has 2 N–H and O–H groups in total. The minimum absolute atomic E-state index is 0.0593. The Labute approximate surface area is 148 Å². The lowest BCUT2D eigenvalue weighted by Gasteiger charge is -2.34. The molecule has 1 fully saturated rings. The predicted octanol–water partition coefficient (Wildman–Crippen LogP) is 2.27. The first-order chi connectivity index (χ1) is 12.1. The number of alkyl halides is 3. The zero-order valence-electron chi connectivity index (χ0n) is 14.1. The van der Waals surface area contributed by atoms with Crippen LogP contribution in [-0.4, -0.2) is 60.0 Å². The van der Waals surface area contributed by atoms with Gasteiger partial charge in [0.05, 0.1) is 0 Å². The van der Waals surface area contributed by atoms with E-state index in [2.05, 4.69) is 10.6 Å². The Morgan fingerprint density at radius 2 is 1.38 bits per heavy atom. The molecule has 0 radical (unpaired) electrons. The van der Waals surface area contributed by atoms with Crippen LogP contribution in [0.4, 0.5) is 29.3 Å². The van der Waals surface area contributed by atoms with Crippen molar-refractivity contribution in [3.05, 3.63) is 24.3 Å². The SMILES string of the molecule is CC(=O)Nc1ccc(NC(=O)N2CCN(C(=O)CC(F)(F)F)CC2)cc1. The van der Waals surface area contributed by atoms with Gasteiger partial charge in [0, 0.05) is 44.5 Å². The van der Waals surface area contributed by atoms with E-state index in [0.29, 0.717) is 11.4 Å². The van der Waals surface area contributed by atoms with E-state index in [1.165, 1.54) is 11.8 Å². The molecule has 1 aliphatic rings. The van der Waals surface area contributed by atoms with Crippen molar-refractivity contribution in [2.45, 2.75) is 19.5 Å². The van der Waals surface area contributed by atoms with Crippen molar-refractivity contribution in [1.29, 1.82) is 0 Å². The number of urea groups is 1. The van der Waals surface area contributed by atoms with Crippen LogP contribution < -0.4 is 10.6 Å². The highest BCUT2D eigenvalue weighted by Crippen LogP contribution is 2.21. The second kappa shape index (κ2) is 8.07. The van der Waals surface area contributed by atoms with Gasteiger partial charge in [0.15, 0.2) is 0 Å². The quantitative estimate of drug-likeness (QED) is 0.854. The molecule has 0 spiro atoms. The van der Waals surface area contributed by atoms with Crippen molar-refractivity contribution in [3.8, 4) is 0 Å². The maximum absolute atomic E-state index is 12.3. The number of amides is 4. The lowest BCUT2D eigenvalue weighted by Crippen LogP contribution is -2.52. The lowest BCUT2D eigenvalue weighted by atomic mass is 10.2. The molecule has 1 heterocycles. The number of hydrogen-bond acceptors (Lipinski definition) is 3. The Morgan fingerprint density at radius 3 is 1.85 bits per heavy atom. The molecule has 1 saturated heterocycles. The Bertz CT molecular complexity index is 668. The summed E-state index contributed by atoms with van der Waals surface area (Å²) in [5, 5.41) is 5.27. The highest BCUT2D eigenvalue weighted by Gasteiger charge is 2.34. The summed E-state index contributed by atoms with van der Waals surface area (Å²) in [6, 6.07) is 6.09. The zero-order valence-corrected chi connectivity index (χ0v) is 14.1. The number of benzene rings is 1. The molecule has 0 bridgehead atoms. The molecule has 4 amide bonds. The van der Waals surface area contributed by atoms with Crippen LogP contribution in [0, 0.1) is 0 Å². The summed E-state index contributed by atoms with van der Waals surface area (Å²) < 4.78 is 36.8. The third-order valence-electron chi connectivity index (χ3n) is 3.73. The van der Waals surface area contributed by atoms with Crippen molar-refractivity contribution in [2.75, 3.05) is 36.8 Å². The van der Waals surface area contributed by atoms with E-state index in [-0.39, 0.29) is 32.1 Å². The molecule has 0 saturated carbocycles. The number of halogens is 3. The molecule has 0 unspecified atom stereocenters. The van der Waals surface area contributed by atoms with Crippen LogP contribution in [0.5, 0.6) is 0 Å². The molecule has 26 heavy (non-hydrogen) atoms. The third kappa shape index (κ3) is 5.94. The monoisotopic (exact) mass is 372 g/mol. The smallest absolute Gasteiger partial charge is 0.339 e. The van der Waals surface area contributed by atoms with Crippen molar-refractivity contribution in [2.24, 2.45) is 0 Å². The summed E-state index contributed by atoms with van der Waals surface area (Å²) in [7, 11) is 0. The molecule has 2 rings (SSSR count). The molecular weight excluding hydrogens is 353 g/mol. The fraction of sp³-hybridized carbons (Fsp3) is 0.438. The summed E-state index contributed by atoms with van der Waals surface area (Å²) in [5.41, 5.74) is 1.10. The summed E-state index contributed by atoms with van der Waals surface area (Å²) >= 11 is 0. The summed E-state index contributed by atoms with van der Waals surface area (Å²) in [4.78, 5) is 37.2. The second-order valence-electron chi connectivity index (χ2n) is 5.85. The van der Waals surface area contributed by atoms with Gasteiger partial charge in [-0.1, -0.05) is 0 Å². The minimum atomic E-state index is -4.53. The number of carbonyl (C=O) groups excluding carboxylic acids is 3. The van der Waals surface area contributed by atoms with Gasteiger partial charge in [0.1, 0.15) is 6.42 Å². The highest BCUT2D eigenvalue weighted by atomic mass is 19.4. The summed E-state index contributed by atoms with van der Waals surface area (Å²) in [6.07, 6.45) is -6.02. The van der Waals surface area contributed by atoms with Crippen molar-refractivity contribution < 1.29 is 27.6 Å².